The molecule has 0 unspecified atom stereocenters. The van der Waals surface area contributed by atoms with Crippen LogP contribution in [0.3, 0.4) is 0 Å². The van der Waals surface area contributed by atoms with E-state index in [-0.39, 0.29) is 11.8 Å². The van der Waals surface area contributed by atoms with Gasteiger partial charge in [-0.15, -0.1) is 0 Å². The van der Waals surface area contributed by atoms with Crippen LogP contribution >= 0.6 is 0 Å². The molecule has 0 aromatic heterocycles. The minimum atomic E-state index is -0.562. The van der Waals surface area contributed by atoms with Gasteiger partial charge in [0.1, 0.15) is 6.04 Å². The van der Waals surface area contributed by atoms with E-state index < -0.39 is 11.5 Å². The second-order valence-corrected chi connectivity index (χ2v) is 5.98. The van der Waals surface area contributed by atoms with Gasteiger partial charge in [-0.1, -0.05) is 39.8 Å². The van der Waals surface area contributed by atoms with Crippen LogP contribution in [0.2, 0.25) is 0 Å². The Morgan fingerprint density at radius 1 is 1.15 bits per heavy atom. The third-order valence-corrected chi connectivity index (χ3v) is 3.05. The summed E-state index contributed by atoms with van der Waals surface area (Å²) in [5, 5.41) is 5.51. The molecule has 1 rings (SSSR count). The Labute approximate surface area is 121 Å². The van der Waals surface area contributed by atoms with Crippen molar-refractivity contribution in [3.8, 4) is 0 Å². The molecule has 0 aliphatic heterocycles. The third kappa shape index (κ3) is 4.68. The first-order valence-electron chi connectivity index (χ1n) is 6.94. The molecular formula is C16H24N2O2. The Kier molecular flexibility index (Phi) is 5.31. The van der Waals surface area contributed by atoms with Gasteiger partial charge in [0.15, 0.2) is 0 Å². The van der Waals surface area contributed by atoms with Gasteiger partial charge in [0.2, 0.25) is 11.8 Å². The average Bonchev–Trinajstić information content (AvgIpc) is 2.38. The molecule has 0 saturated carbocycles. The topological polar surface area (TPSA) is 58.2 Å². The molecule has 0 bridgehead atoms. The van der Waals surface area contributed by atoms with Gasteiger partial charge in [-0.3, -0.25) is 9.59 Å². The molecule has 4 heteroatoms. The predicted octanol–water partition coefficient (Wildman–Crippen LogP) is 2.74. The maximum Gasteiger partial charge on any atom is 0.246 e. The lowest BCUT2D eigenvalue weighted by atomic mass is 9.95. The zero-order valence-electron chi connectivity index (χ0n) is 12.9. The smallest absolute Gasteiger partial charge is 0.246 e. The lowest BCUT2D eigenvalue weighted by molar-refractivity contribution is -0.131. The summed E-state index contributed by atoms with van der Waals surface area (Å²) in [6.07, 6.45) is 0.965. The monoisotopic (exact) mass is 276 g/mol. The fourth-order valence-electron chi connectivity index (χ4n) is 1.55. The van der Waals surface area contributed by atoms with Crippen molar-refractivity contribution in [3.05, 3.63) is 29.8 Å². The van der Waals surface area contributed by atoms with E-state index in [2.05, 4.69) is 17.6 Å². The van der Waals surface area contributed by atoms with Crippen molar-refractivity contribution in [1.82, 2.24) is 5.32 Å². The number of anilines is 1. The van der Waals surface area contributed by atoms with E-state index in [1.165, 1.54) is 5.56 Å². The van der Waals surface area contributed by atoms with Crippen LogP contribution in [0.25, 0.3) is 0 Å². The molecule has 0 saturated heterocycles. The van der Waals surface area contributed by atoms with Gasteiger partial charge in [0.25, 0.3) is 0 Å². The predicted molar refractivity (Wildman–Crippen MR) is 81.5 cm³/mol. The number of carbonyl (C=O) groups is 2. The minimum absolute atomic E-state index is 0.138. The van der Waals surface area contributed by atoms with Crippen molar-refractivity contribution >= 4 is 17.5 Å². The van der Waals surface area contributed by atoms with Gasteiger partial charge in [0, 0.05) is 11.1 Å². The number of benzene rings is 1. The Bertz CT molecular complexity index is 472. The fraction of sp³-hybridized carbons (Fsp3) is 0.500. The maximum atomic E-state index is 12.0. The normalized spacial score (nSPS) is 12.7. The minimum Gasteiger partial charge on any atom is -0.344 e. The molecule has 0 radical (unpaired) electrons. The van der Waals surface area contributed by atoms with E-state index in [4.69, 9.17) is 0 Å². The van der Waals surface area contributed by atoms with E-state index in [9.17, 15) is 9.59 Å². The highest BCUT2D eigenvalue weighted by molar-refractivity contribution is 5.97. The third-order valence-electron chi connectivity index (χ3n) is 3.05. The number of aryl methyl sites for hydroxylation is 1. The maximum absolute atomic E-state index is 12.0. The first-order valence-corrected chi connectivity index (χ1v) is 6.94. The Morgan fingerprint density at radius 3 is 2.15 bits per heavy atom. The van der Waals surface area contributed by atoms with Crippen LogP contribution in [0.1, 0.15) is 40.2 Å². The van der Waals surface area contributed by atoms with E-state index in [1.54, 1.807) is 6.92 Å². The highest BCUT2D eigenvalue weighted by Gasteiger charge is 2.24. The van der Waals surface area contributed by atoms with Gasteiger partial charge in [-0.2, -0.15) is 0 Å². The number of amides is 2. The molecule has 1 atom stereocenters. The first-order chi connectivity index (χ1) is 9.24. The summed E-state index contributed by atoms with van der Waals surface area (Å²) in [6.45, 7) is 9.21. The summed E-state index contributed by atoms with van der Waals surface area (Å²) in [7, 11) is 0. The molecule has 1 aromatic carbocycles. The zero-order valence-corrected chi connectivity index (χ0v) is 12.9. The molecule has 0 heterocycles. The van der Waals surface area contributed by atoms with E-state index in [1.807, 2.05) is 45.0 Å². The summed E-state index contributed by atoms with van der Waals surface area (Å²) in [6, 6.07) is 7.14. The first kappa shape index (κ1) is 16.2. The van der Waals surface area contributed by atoms with Gasteiger partial charge >= 0.3 is 0 Å². The van der Waals surface area contributed by atoms with Gasteiger partial charge in [0.05, 0.1) is 0 Å². The summed E-state index contributed by atoms with van der Waals surface area (Å²) >= 11 is 0. The van der Waals surface area contributed by atoms with E-state index >= 15 is 0 Å². The molecular weight excluding hydrogens is 252 g/mol. The van der Waals surface area contributed by atoms with Crippen LogP contribution in [0.15, 0.2) is 24.3 Å². The fourth-order valence-corrected chi connectivity index (χ4v) is 1.55. The molecule has 2 N–H and O–H groups in total. The molecule has 110 valence electrons. The number of hydrogen-bond donors (Lipinski definition) is 2. The van der Waals surface area contributed by atoms with E-state index in [0.29, 0.717) is 0 Å². The molecule has 4 nitrogen and oxygen atoms in total. The summed E-state index contributed by atoms with van der Waals surface area (Å²) in [5.41, 5.74) is 1.46. The molecule has 0 fully saturated rings. The zero-order chi connectivity index (χ0) is 15.3. The second kappa shape index (κ2) is 6.55. The molecule has 0 spiro atoms. The molecule has 2 amide bonds. The summed E-state index contributed by atoms with van der Waals surface area (Å²) in [4.78, 5) is 23.8. The quantitative estimate of drug-likeness (QED) is 0.888. The lowest BCUT2D eigenvalue weighted by Gasteiger charge is -2.21. The number of rotatable bonds is 4. The van der Waals surface area contributed by atoms with Crippen LogP contribution in [-0.2, 0) is 16.0 Å². The lowest BCUT2D eigenvalue weighted by Crippen LogP contribution is -2.46. The Morgan fingerprint density at radius 2 is 1.70 bits per heavy atom. The van der Waals surface area contributed by atoms with Crippen LogP contribution < -0.4 is 10.6 Å². The van der Waals surface area contributed by atoms with Crippen molar-refractivity contribution < 1.29 is 9.59 Å². The van der Waals surface area contributed by atoms with Gasteiger partial charge in [-0.25, -0.2) is 0 Å². The average molecular weight is 276 g/mol. The molecule has 0 aliphatic carbocycles. The number of carbonyl (C=O) groups excluding carboxylic acids is 2. The van der Waals surface area contributed by atoms with Crippen LogP contribution in [0.5, 0.6) is 0 Å². The standard InChI is InChI=1S/C16H24N2O2/c1-6-12-7-9-13(10-8-12)18-14(19)11(2)17-15(20)16(3,4)5/h7-11H,6H2,1-5H3,(H,17,20)(H,18,19)/t11-/m1/s1. The largest absolute Gasteiger partial charge is 0.344 e. The SMILES string of the molecule is CCc1ccc(NC(=O)[C@@H](C)NC(=O)C(C)(C)C)cc1. The molecule has 20 heavy (non-hydrogen) atoms. The number of hydrogen-bond acceptors (Lipinski definition) is 2. The summed E-state index contributed by atoms with van der Waals surface area (Å²) < 4.78 is 0. The van der Waals surface area contributed by atoms with Crippen molar-refractivity contribution in [3.63, 3.8) is 0 Å². The van der Waals surface area contributed by atoms with Crippen molar-refractivity contribution in [2.75, 3.05) is 5.32 Å². The van der Waals surface area contributed by atoms with Crippen molar-refractivity contribution in [2.45, 2.75) is 47.1 Å². The van der Waals surface area contributed by atoms with Crippen molar-refractivity contribution in [2.24, 2.45) is 5.41 Å². The second-order valence-electron chi connectivity index (χ2n) is 5.98. The van der Waals surface area contributed by atoms with Crippen LogP contribution in [-0.4, -0.2) is 17.9 Å². The molecule has 1 aromatic rings. The van der Waals surface area contributed by atoms with Crippen molar-refractivity contribution in [1.29, 1.82) is 0 Å². The van der Waals surface area contributed by atoms with Gasteiger partial charge < -0.3 is 10.6 Å². The van der Waals surface area contributed by atoms with Crippen LogP contribution in [0.4, 0.5) is 5.69 Å². The Hall–Kier alpha value is -1.84. The highest BCUT2D eigenvalue weighted by Crippen LogP contribution is 2.13. The van der Waals surface area contributed by atoms with Crippen LogP contribution in [0, 0.1) is 5.41 Å². The Balaban J connectivity index is 2.59. The summed E-state index contributed by atoms with van der Waals surface area (Å²) in [5.74, 6) is -0.353. The highest BCUT2D eigenvalue weighted by atomic mass is 16.2. The van der Waals surface area contributed by atoms with Gasteiger partial charge in [-0.05, 0) is 31.0 Å². The van der Waals surface area contributed by atoms with E-state index in [0.717, 1.165) is 12.1 Å². The number of nitrogens with one attached hydrogen (secondary N) is 2. The molecule has 0 aliphatic rings.